The molecule has 0 aliphatic heterocycles. The number of aryl methyl sites for hydroxylation is 1. The Kier molecular flexibility index (Phi) is 5.35. The van der Waals surface area contributed by atoms with Crippen molar-refractivity contribution in [2.24, 2.45) is 0 Å². The number of hydrogen-bond acceptors (Lipinski definition) is 7. The Balaban J connectivity index is 2.04. The lowest BCUT2D eigenvalue weighted by Crippen LogP contribution is -2.15. The summed E-state index contributed by atoms with van der Waals surface area (Å²) in [5.74, 6) is -0.124. The van der Waals surface area contributed by atoms with E-state index in [1.807, 2.05) is 0 Å². The summed E-state index contributed by atoms with van der Waals surface area (Å²) in [6.45, 7) is 1.76. The van der Waals surface area contributed by atoms with Crippen LogP contribution in [0.5, 0.6) is 0 Å². The normalized spacial score (nSPS) is 10.3. The van der Waals surface area contributed by atoms with Crippen molar-refractivity contribution >= 4 is 46.5 Å². The van der Waals surface area contributed by atoms with Crippen LogP contribution >= 0.6 is 23.4 Å². The van der Waals surface area contributed by atoms with Gasteiger partial charge in [-0.05, 0) is 19.1 Å². The summed E-state index contributed by atoms with van der Waals surface area (Å²) < 4.78 is 0. The molecule has 120 valence electrons. The minimum Gasteiger partial charge on any atom is -0.384 e. The smallest absolute Gasteiger partial charge is 0.294 e. The fourth-order valence-electron chi connectivity index (χ4n) is 1.71. The van der Waals surface area contributed by atoms with E-state index in [0.717, 1.165) is 11.8 Å². The molecule has 0 aliphatic rings. The molecule has 1 aromatic heterocycles. The zero-order chi connectivity index (χ0) is 17.0. The molecule has 2 rings (SSSR count). The number of carbonyl (C=O) groups excluding carboxylic acids is 1. The van der Waals surface area contributed by atoms with Gasteiger partial charge in [0.25, 0.3) is 5.69 Å². The molecule has 0 atom stereocenters. The van der Waals surface area contributed by atoms with Crippen molar-refractivity contribution in [1.82, 2.24) is 9.97 Å². The third kappa shape index (κ3) is 4.80. The van der Waals surface area contributed by atoms with Gasteiger partial charge < -0.3 is 11.1 Å². The predicted molar refractivity (Wildman–Crippen MR) is 88.6 cm³/mol. The maximum atomic E-state index is 11.9. The van der Waals surface area contributed by atoms with E-state index in [0.29, 0.717) is 16.7 Å². The summed E-state index contributed by atoms with van der Waals surface area (Å²) in [5, 5.41) is 14.0. The van der Waals surface area contributed by atoms with Crippen LogP contribution in [0.1, 0.15) is 5.69 Å². The van der Waals surface area contributed by atoms with Crippen LogP contribution < -0.4 is 11.1 Å². The molecule has 0 unspecified atom stereocenters. The third-order valence-corrected chi connectivity index (χ3v) is 3.70. The van der Waals surface area contributed by atoms with Crippen LogP contribution in [0.4, 0.5) is 17.2 Å². The summed E-state index contributed by atoms with van der Waals surface area (Å²) >= 11 is 6.80. The number of nitro benzene ring substituents is 1. The van der Waals surface area contributed by atoms with E-state index < -0.39 is 10.8 Å². The van der Waals surface area contributed by atoms with Crippen LogP contribution in [0.3, 0.4) is 0 Å². The highest BCUT2D eigenvalue weighted by molar-refractivity contribution is 7.99. The highest BCUT2D eigenvalue weighted by Gasteiger charge is 2.16. The number of aromatic nitrogens is 2. The zero-order valence-electron chi connectivity index (χ0n) is 11.9. The maximum absolute atomic E-state index is 11.9. The number of nitrogens with one attached hydrogen (secondary N) is 1. The van der Waals surface area contributed by atoms with Crippen LogP contribution in [-0.4, -0.2) is 26.6 Å². The van der Waals surface area contributed by atoms with Crippen molar-refractivity contribution in [1.29, 1.82) is 0 Å². The maximum Gasteiger partial charge on any atom is 0.294 e. The van der Waals surface area contributed by atoms with Crippen LogP contribution in [-0.2, 0) is 4.79 Å². The molecule has 0 spiro atoms. The molecule has 1 heterocycles. The van der Waals surface area contributed by atoms with E-state index in [9.17, 15) is 14.9 Å². The second kappa shape index (κ2) is 7.25. The molecule has 0 aliphatic carbocycles. The summed E-state index contributed by atoms with van der Waals surface area (Å²) in [5.41, 5.74) is 6.10. The van der Waals surface area contributed by atoms with Gasteiger partial charge in [-0.2, -0.15) is 0 Å². The van der Waals surface area contributed by atoms with Gasteiger partial charge in [0, 0.05) is 22.8 Å². The van der Waals surface area contributed by atoms with Gasteiger partial charge in [-0.25, -0.2) is 9.97 Å². The molecule has 0 saturated heterocycles. The fourth-order valence-corrected chi connectivity index (χ4v) is 2.58. The molecular formula is C13H12ClN5O3S. The molecule has 1 amide bonds. The summed E-state index contributed by atoms with van der Waals surface area (Å²) in [6.07, 6.45) is 0. The largest absolute Gasteiger partial charge is 0.384 e. The van der Waals surface area contributed by atoms with Gasteiger partial charge >= 0.3 is 0 Å². The molecule has 8 nitrogen and oxygen atoms in total. The SMILES string of the molecule is Cc1cc(N)nc(SCC(=O)Nc2ccc(Cl)cc2[N+](=O)[O-])n1. The fraction of sp³-hybridized carbons (Fsp3) is 0.154. The average molecular weight is 354 g/mol. The Morgan fingerprint density at radius 2 is 2.17 bits per heavy atom. The molecule has 0 fully saturated rings. The van der Waals surface area contributed by atoms with Crippen molar-refractivity contribution in [3.05, 3.63) is 45.1 Å². The van der Waals surface area contributed by atoms with Crippen molar-refractivity contribution in [3.63, 3.8) is 0 Å². The molecular weight excluding hydrogens is 342 g/mol. The van der Waals surface area contributed by atoms with Crippen molar-refractivity contribution in [2.75, 3.05) is 16.8 Å². The zero-order valence-corrected chi connectivity index (χ0v) is 13.5. The highest BCUT2D eigenvalue weighted by atomic mass is 35.5. The van der Waals surface area contributed by atoms with Gasteiger partial charge in [0.15, 0.2) is 5.16 Å². The number of amides is 1. The van der Waals surface area contributed by atoms with Crippen LogP contribution in [0.2, 0.25) is 5.02 Å². The number of thioether (sulfide) groups is 1. The summed E-state index contributed by atoms with van der Waals surface area (Å²) in [6, 6.07) is 5.63. The van der Waals surface area contributed by atoms with Crippen molar-refractivity contribution in [2.45, 2.75) is 12.1 Å². The number of benzene rings is 1. The molecule has 0 saturated carbocycles. The molecule has 0 bridgehead atoms. The number of anilines is 2. The number of nitrogens with two attached hydrogens (primary N) is 1. The first-order valence-electron chi connectivity index (χ1n) is 6.33. The Hall–Kier alpha value is -2.39. The van der Waals surface area contributed by atoms with Crippen LogP contribution in [0, 0.1) is 17.0 Å². The number of nitro groups is 1. The number of carbonyl (C=O) groups is 1. The van der Waals surface area contributed by atoms with Crippen LogP contribution in [0.15, 0.2) is 29.4 Å². The Morgan fingerprint density at radius 3 is 2.83 bits per heavy atom. The van der Waals surface area contributed by atoms with Gasteiger partial charge in [0.2, 0.25) is 5.91 Å². The molecule has 1 aromatic carbocycles. The van der Waals surface area contributed by atoms with Crippen molar-refractivity contribution < 1.29 is 9.72 Å². The Labute approximate surface area is 140 Å². The minimum absolute atomic E-state index is 0.0112. The first-order valence-corrected chi connectivity index (χ1v) is 7.69. The summed E-state index contributed by atoms with van der Waals surface area (Å²) in [4.78, 5) is 30.4. The molecule has 2 aromatic rings. The lowest BCUT2D eigenvalue weighted by molar-refractivity contribution is -0.383. The van der Waals surface area contributed by atoms with E-state index in [2.05, 4.69) is 15.3 Å². The topological polar surface area (TPSA) is 124 Å². The highest BCUT2D eigenvalue weighted by Crippen LogP contribution is 2.28. The van der Waals surface area contributed by atoms with E-state index in [1.54, 1.807) is 13.0 Å². The van der Waals surface area contributed by atoms with Gasteiger partial charge in [-0.3, -0.25) is 14.9 Å². The Bertz CT molecular complexity index is 751. The van der Waals surface area contributed by atoms with Crippen molar-refractivity contribution in [3.8, 4) is 0 Å². The molecule has 10 heteroatoms. The first-order chi connectivity index (χ1) is 10.8. The second-order valence-electron chi connectivity index (χ2n) is 4.47. The van der Waals surface area contributed by atoms with Gasteiger partial charge in [-0.1, -0.05) is 23.4 Å². The van der Waals surface area contributed by atoms with Gasteiger partial charge in [0.05, 0.1) is 10.7 Å². The lowest BCUT2D eigenvalue weighted by atomic mass is 10.2. The second-order valence-corrected chi connectivity index (χ2v) is 5.85. The lowest BCUT2D eigenvalue weighted by Gasteiger charge is -2.06. The average Bonchev–Trinajstić information content (AvgIpc) is 2.46. The van der Waals surface area contributed by atoms with E-state index in [4.69, 9.17) is 17.3 Å². The molecule has 23 heavy (non-hydrogen) atoms. The Morgan fingerprint density at radius 1 is 1.43 bits per heavy atom. The molecule has 3 N–H and O–H groups in total. The first kappa shape index (κ1) is 17.0. The number of rotatable bonds is 5. The van der Waals surface area contributed by atoms with E-state index in [1.165, 1.54) is 18.2 Å². The predicted octanol–water partition coefficient (Wildman–Crippen LogP) is 2.66. The number of hydrogen-bond donors (Lipinski definition) is 2. The monoisotopic (exact) mass is 353 g/mol. The standard InChI is InChI=1S/C13H12ClN5O3S/c1-7-4-11(15)18-13(16-7)23-6-12(20)17-9-3-2-8(14)5-10(9)19(21)22/h2-5H,6H2,1H3,(H,17,20)(H2,15,16,18). The quantitative estimate of drug-likeness (QED) is 0.366. The molecule has 0 radical (unpaired) electrons. The number of nitrogens with zero attached hydrogens (tertiary/aromatic N) is 3. The van der Waals surface area contributed by atoms with Crippen LogP contribution in [0.25, 0.3) is 0 Å². The van der Waals surface area contributed by atoms with E-state index in [-0.39, 0.29) is 22.2 Å². The summed E-state index contributed by atoms with van der Waals surface area (Å²) in [7, 11) is 0. The van der Waals surface area contributed by atoms with E-state index >= 15 is 0 Å². The minimum atomic E-state index is -0.612. The number of nitrogen functional groups attached to an aromatic ring is 1. The number of halogens is 1. The van der Waals surface area contributed by atoms with Gasteiger partial charge in [-0.15, -0.1) is 0 Å². The third-order valence-electron chi connectivity index (χ3n) is 2.62. The van der Waals surface area contributed by atoms with Gasteiger partial charge in [0.1, 0.15) is 11.5 Å².